The fraction of sp³-hybridized carbons (Fsp3) is 0.500. The number of hydrogen-bond acceptors (Lipinski definition) is 3. The largest absolute Gasteiger partial charge is 0.425 e. The van der Waals surface area contributed by atoms with E-state index in [0.717, 1.165) is 6.04 Å². The van der Waals surface area contributed by atoms with Crippen LogP contribution in [0, 0.1) is 0 Å². The van der Waals surface area contributed by atoms with Crippen molar-refractivity contribution in [3.63, 3.8) is 0 Å². The lowest BCUT2D eigenvalue weighted by Crippen LogP contribution is -2.46. The Kier molecular flexibility index (Phi) is 3.01. The highest BCUT2D eigenvalue weighted by Gasteiger charge is 2.32. The summed E-state index contributed by atoms with van der Waals surface area (Å²) in [6.45, 7) is 5.75. The van der Waals surface area contributed by atoms with E-state index in [-0.39, 0.29) is 0 Å². The molecule has 0 aromatic carbocycles. The molecule has 0 aromatic heterocycles. The zero-order valence-corrected chi connectivity index (χ0v) is 9.96. The first-order chi connectivity index (χ1) is 4.77. The molecule has 10 heavy (non-hydrogen) atoms. The van der Waals surface area contributed by atoms with E-state index in [0.29, 0.717) is 0 Å². The van der Waals surface area contributed by atoms with Gasteiger partial charge in [-0.2, -0.15) is 0 Å². The molecule has 1 aliphatic rings. The van der Waals surface area contributed by atoms with Gasteiger partial charge in [-0.1, -0.05) is 6.08 Å². The van der Waals surface area contributed by atoms with Gasteiger partial charge >= 0.3 is 8.56 Å². The lowest BCUT2D eigenvalue weighted by molar-refractivity contribution is 0.303. The van der Waals surface area contributed by atoms with E-state index in [1.165, 1.54) is 0 Å². The Morgan fingerprint density at radius 3 is 2.60 bits per heavy atom. The van der Waals surface area contributed by atoms with Crippen molar-refractivity contribution in [3.8, 4) is 0 Å². The monoisotopic (exact) mass is 192 g/mol. The van der Waals surface area contributed by atoms with Crippen molar-refractivity contribution in [3.05, 3.63) is 12.7 Å². The minimum Gasteiger partial charge on any atom is -0.425 e. The Morgan fingerprint density at radius 1 is 1.50 bits per heavy atom. The third-order valence-electron chi connectivity index (χ3n) is 1.41. The van der Waals surface area contributed by atoms with Gasteiger partial charge in [-0.15, -0.1) is 6.58 Å². The molecule has 0 saturated carbocycles. The van der Waals surface area contributed by atoms with Gasteiger partial charge in [0.05, 0.1) is 0 Å². The Morgan fingerprint density at radius 2 is 2.10 bits per heavy atom. The van der Waals surface area contributed by atoms with Crippen LogP contribution >= 0.6 is 0 Å². The molecule has 1 aliphatic heterocycles. The second kappa shape index (κ2) is 3.60. The third-order valence-corrected chi connectivity index (χ3v) is 9.60. The van der Waals surface area contributed by atoms with Gasteiger partial charge < -0.3 is 12.3 Å². The summed E-state index contributed by atoms with van der Waals surface area (Å²) in [5, 5.41) is 0. The van der Waals surface area contributed by atoms with Gasteiger partial charge in [0.2, 0.25) is 0 Å². The Balaban J connectivity index is 2.39. The van der Waals surface area contributed by atoms with Crippen LogP contribution in [0.3, 0.4) is 0 Å². The molecule has 0 unspecified atom stereocenters. The molecule has 1 saturated heterocycles. The van der Waals surface area contributed by atoms with Crippen LogP contribution in [0.2, 0.25) is 12.6 Å². The normalized spacial score (nSPS) is 38.5. The molecule has 0 aromatic rings. The summed E-state index contributed by atoms with van der Waals surface area (Å²) >= 11 is 0. The molecule has 0 bridgehead atoms. The summed E-state index contributed by atoms with van der Waals surface area (Å²) in [6.07, 6.45) is 1.88. The maximum Gasteiger partial charge on any atom is 0.320 e. The lowest BCUT2D eigenvalue weighted by Gasteiger charge is -2.30. The topological polar surface area (TPSA) is 27.7 Å². The van der Waals surface area contributed by atoms with Gasteiger partial charge in [-0.3, -0.25) is 0 Å². The van der Waals surface area contributed by atoms with Crippen molar-refractivity contribution in [1.82, 2.24) is 0 Å². The predicted molar refractivity (Wildman–Crippen MR) is 47.0 cm³/mol. The second-order valence-electron chi connectivity index (χ2n) is 2.36. The second-order valence-corrected chi connectivity index (χ2v) is 9.44. The molecule has 1 rings (SSSR count). The van der Waals surface area contributed by atoms with Gasteiger partial charge in [-0.25, -0.2) is 0 Å². The highest BCUT2D eigenvalue weighted by molar-refractivity contribution is 6.76. The first kappa shape index (κ1) is 8.37. The molecule has 0 amide bonds. The summed E-state index contributed by atoms with van der Waals surface area (Å²) in [5.41, 5.74) is 0. The Labute approximate surface area is 66.7 Å². The van der Waals surface area contributed by atoms with Crippen molar-refractivity contribution in [2.45, 2.75) is 12.6 Å². The fourth-order valence-corrected chi connectivity index (χ4v) is 7.77. The summed E-state index contributed by atoms with van der Waals surface area (Å²) in [5.74, 6) is 0. The first-order valence-corrected chi connectivity index (χ1v) is 8.07. The van der Waals surface area contributed by atoms with E-state index < -0.39 is 28.6 Å². The maximum atomic E-state index is 5.50. The van der Waals surface area contributed by atoms with E-state index in [2.05, 4.69) is 13.1 Å². The Hall–Kier alpha value is 0.271. The van der Waals surface area contributed by atoms with Crippen molar-refractivity contribution >= 4 is 28.6 Å². The van der Waals surface area contributed by atoms with Crippen molar-refractivity contribution in [2.24, 2.45) is 0 Å². The van der Waals surface area contributed by atoms with Crippen LogP contribution in [0.15, 0.2) is 12.7 Å². The van der Waals surface area contributed by atoms with E-state index in [1.54, 1.807) is 0 Å². The zero-order valence-electron chi connectivity index (χ0n) is 6.13. The van der Waals surface area contributed by atoms with E-state index in [9.17, 15) is 0 Å². The Bertz CT molecular complexity index is 123. The van der Waals surface area contributed by atoms with E-state index >= 15 is 0 Å². The van der Waals surface area contributed by atoms with Gasteiger partial charge in [0.1, 0.15) is 0 Å². The number of rotatable bonds is 2. The first-order valence-electron chi connectivity index (χ1n) is 3.23. The van der Waals surface area contributed by atoms with Crippen LogP contribution in [0.1, 0.15) is 0 Å². The van der Waals surface area contributed by atoms with Crippen molar-refractivity contribution < 1.29 is 12.3 Å². The van der Waals surface area contributed by atoms with E-state index in [4.69, 9.17) is 12.3 Å². The van der Waals surface area contributed by atoms with Gasteiger partial charge in [0.15, 0.2) is 0 Å². The van der Waals surface area contributed by atoms with Gasteiger partial charge in [0, 0.05) is 6.04 Å². The van der Waals surface area contributed by atoms with Crippen molar-refractivity contribution in [2.75, 3.05) is 0 Å². The quantitative estimate of drug-likeness (QED) is 0.428. The van der Waals surface area contributed by atoms with Crippen LogP contribution in [-0.4, -0.2) is 28.6 Å². The average molecular weight is 192 g/mol. The lowest BCUT2D eigenvalue weighted by atomic mass is 10.8. The van der Waals surface area contributed by atoms with Crippen LogP contribution in [-0.2, 0) is 12.3 Å². The molecule has 0 N–H and O–H groups in total. The molecule has 6 heteroatoms. The molecule has 0 radical (unpaired) electrons. The number of allylic oxidation sites excluding steroid dienone is 1. The highest BCUT2D eigenvalue weighted by Crippen LogP contribution is 2.14. The van der Waals surface area contributed by atoms with Crippen LogP contribution in [0.25, 0.3) is 0 Å². The summed E-state index contributed by atoms with van der Waals surface area (Å²) in [4.78, 5) is 0. The highest BCUT2D eigenvalue weighted by atomic mass is 28.5. The molecule has 0 spiro atoms. The third kappa shape index (κ3) is 2.15. The molecule has 1 heterocycles. The molecule has 58 valence electrons. The summed E-state index contributed by atoms with van der Waals surface area (Å²) in [6, 6.07) is 0.899. The predicted octanol–water partition coefficient (Wildman–Crippen LogP) is -0.695. The molecular weight excluding hydrogens is 180 g/mol. The molecule has 0 atom stereocenters. The molecular formula is C4H12O3Si3. The molecule has 0 aliphatic carbocycles. The standard InChI is InChI=1S/C4H12O3Si3/c1-3-4-10(2)6-8-5-9-7-10/h3H,1,4,8-9H2,2H3. The SMILES string of the molecule is C=CC[Si]1(C)O[SiH2]O[SiH2]O1. The minimum absolute atomic E-state index is 0.665. The zero-order chi connectivity index (χ0) is 7.45. The minimum atomic E-state index is -1.76. The van der Waals surface area contributed by atoms with E-state index in [1.807, 2.05) is 6.08 Å². The van der Waals surface area contributed by atoms with Gasteiger partial charge in [0.25, 0.3) is 20.0 Å². The smallest absolute Gasteiger partial charge is 0.320 e. The average Bonchev–Trinajstić information content (AvgIpc) is 1.89. The molecule has 1 fully saturated rings. The summed E-state index contributed by atoms with van der Waals surface area (Å²) in [7, 11) is -3.09. The van der Waals surface area contributed by atoms with Crippen molar-refractivity contribution in [1.29, 1.82) is 0 Å². The fourth-order valence-electron chi connectivity index (χ4n) is 0.788. The van der Waals surface area contributed by atoms with Crippen LogP contribution in [0.5, 0.6) is 0 Å². The number of hydrogen-bond donors (Lipinski definition) is 0. The molecule has 3 nitrogen and oxygen atoms in total. The van der Waals surface area contributed by atoms with Crippen LogP contribution in [0.4, 0.5) is 0 Å². The maximum absolute atomic E-state index is 5.50. The van der Waals surface area contributed by atoms with Crippen LogP contribution < -0.4 is 0 Å². The summed E-state index contributed by atoms with van der Waals surface area (Å²) < 4.78 is 16.2. The van der Waals surface area contributed by atoms with Gasteiger partial charge in [-0.05, 0) is 6.55 Å².